The molecule has 0 bridgehead atoms. The van der Waals surface area contributed by atoms with Crippen molar-refractivity contribution in [2.24, 2.45) is 0 Å². The van der Waals surface area contributed by atoms with Crippen LogP contribution in [0, 0.1) is 6.92 Å². The molecule has 11 heteroatoms. The first kappa shape index (κ1) is 21.6. The van der Waals surface area contributed by atoms with Crippen LogP contribution in [0.1, 0.15) is 22.8 Å². The van der Waals surface area contributed by atoms with Crippen LogP contribution in [0.15, 0.2) is 51.7 Å². The number of carbonyl (C=O) groups is 1. The fraction of sp³-hybridized carbons (Fsp3) is 0.167. The number of hydrogen-bond donors (Lipinski definition) is 2. The van der Waals surface area contributed by atoms with Crippen molar-refractivity contribution in [1.29, 1.82) is 0 Å². The van der Waals surface area contributed by atoms with E-state index in [0.717, 1.165) is 15.7 Å². The summed E-state index contributed by atoms with van der Waals surface area (Å²) >= 11 is 9.01. The van der Waals surface area contributed by atoms with Gasteiger partial charge < -0.3 is 0 Å². The number of sulfonamides is 1. The molecule has 0 fully saturated rings. The minimum atomic E-state index is -3.76. The van der Waals surface area contributed by atoms with Gasteiger partial charge in [-0.3, -0.25) is 14.8 Å². The Morgan fingerprint density at radius 1 is 1.17 bits per heavy atom. The number of hydrogen-bond acceptors (Lipinski definition) is 7. The zero-order chi connectivity index (χ0) is 21.0. The van der Waals surface area contributed by atoms with Crippen LogP contribution in [0.4, 0.5) is 10.8 Å². The number of rotatable bonds is 7. The molecule has 2 N–H and O–H groups in total. The van der Waals surface area contributed by atoms with Crippen LogP contribution >= 0.6 is 34.7 Å². The second kappa shape index (κ2) is 9.12. The number of aryl methyl sites for hydroxylation is 1. The van der Waals surface area contributed by atoms with Crippen molar-refractivity contribution in [1.82, 2.24) is 10.2 Å². The number of carbonyl (C=O) groups excluding carboxylic acids is 1. The lowest BCUT2D eigenvalue weighted by Crippen LogP contribution is -2.14. The van der Waals surface area contributed by atoms with E-state index >= 15 is 0 Å². The van der Waals surface area contributed by atoms with E-state index in [-0.39, 0.29) is 21.2 Å². The molecule has 0 spiro atoms. The summed E-state index contributed by atoms with van der Waals surface area (Å²) in [7, 11) is -3.76. The maximum atomic E-state index is 12.5. The highest BCUT2D eigenvalue weighted by Gasteiger charge is 2.17. The Hall–Kier alpha value is -2.14. The van der Waals surface area contributed by atoms with Crippen molar-refractivity contribution in [3.8, 4) is 0 Å². The molecule has 152 valence electrons. The smallest absolute Gasteiger partial charge is 0.261 e. The van der Waals surface area contributed by atoms with Gasteiger partial charge in [0.15, 0.2) is 4.34 Å². The van der Waals surface area contributed by atoms with Gasteiger partial charge in [0.1, 0.15) is 0 Å². The quantitative estimate of drug-likeness (QED) is 0.386. The fourth-order valence-electron chi connectivity index (χ4n) is 2.30. The molecular weight excluding hydrogens is 452 g/mol. The van der Waals surface area contributed by atoms with Gasteiger partial charge in [-0.05, 0) is 43.0 Å². The Morgan fingerprint density at radius 2 is 1.90 bits per heavy atom. The molecule has 29 heavy (non-hydrogen) atoms. The van der Waals surface area contributed by atoms with E-state index in [9.17, 15) is 13.2 Å². The Balaban J connectivity index is 1.73. The van der Waals surface area contributed by atoms with Gasteiger partial charge in [-0.2, -0.15) is 0 Å². The number of anilines is 2. The topological polar surface area (TPSA) is 101 Å². The minimum absolute atomic E-state index is 0.110. The van der Waals surface area contributed by atoms with Crippen LogP contribution in [0.25, 0.3) is 0 Å². The minimum Gasteiger partial charge on any atom is -0.296 e. The van der Waals surface area contributed by atoms with Crippen LogP contribution in [0.2, 0.25) is 5.02 Å². The predicted octanol–water partition coefficient (Wildman–Crippen LogP) is 4.67. The lowest BCUT2D eigenvalue weighted by molar-refractivity contribution is 0.102. The van der Waals surface area contributed by atoms with Gasteiger partial charge in [0.25, 0.3) is 15.9 Å². The first-order chi connectivity index (χ1) is 13.8. The van der Waals surface area contributed by atoms with Crippen LogP contribution in [-0.4, -0.2) is 30.3 Å². The number of amides is 1. The summed E-state index contributed by atoms with van der Waals surface area (Å²) in [5, 5.41) is 11.0. The molecule has 2 aromatic carbocycles. The first-order valence-corrected chi connectivity index (χ1v) is 12.1. The van der Waals surface area contributed by atoms with Gasteiger partial charge in [0.05, 0.1) is 21.2 Å². The fourth-order valence-corrected chi connectivity index (χ4v) is 5.26. The van der Waals surface area contributed by atoms with Gasteiger partial charge in [-0.25, -0.2) is 8.42 Å². The van der Waals surface area contributed by atoms with Crippen molar-refractivity contribution < 1.29 is 13.2 Å². The number of nitrogens with one attached hydrogen (secondary N) is 2. The molecule has 0 radical (unpaired) electrons. The van der Waals surface area contributed by atoms with Crippen molar-refractivity contribution in [2.45, 2.75) is 23.1 Å². The summed E-state index contributed by atoms with van der Waals surface area (Å²) in [4.78, 5) is 12.6. The monoisotopic (exact) mass is 468 g/mol. The van der Waals surface area contributed by atoms with Crippen LogP contribution < -0.4 is 10.0 Å². The highest BCUT2D eigenvalue weighted by molar-refractivity contribution is 8.01. The molecule has 7 nitrogen and oxygen atoms in total. The van der Waals surface area contributed by atoms with E-state index in [1.165, 1.54) is 53.4 Å². The number of thioether (sulfide) groups is 1. The summed E-state index contributed by atoms with van der Waals surface area (Å²) in [6, 6.07) is 10.8. The van der Waals surface area contributed by atoms with E-state index in [1.807, 2.05) is 13.8 Å². The summed E-state index contributed by atoms with van der Waals surface area (Å²) < 4.78 is 28.2. The van der Waals surface area contributed by atoms with Gasteiger partial charge in [-0.1, -0.05) is 59.3 Å². The molecule has 0 atom stereocenters. The van der Waals surface area contributed by atoms with Crippen molar-refractivity contribution in [3.05, 3.63) is 58.6 Å². The lowest BCUT2D eigenvalue weighted by atomic mass is 10.2. The predicted molar refractivity (Wildman–Crippen MR) is 118 cm³/mol. The number of aromatic nitrogens is 2. The third-order valence-corrected chi connectivity index (χ3v) is 7.26. The Bertz CT molecular complexity index is 1130. The third kappa shape index (κ3) is 5.47. The number of benzene rings is 2. The molecule has 0 unspecified atom stereocenters. The maximum absolute atomic E-state index is 12.5. The van der Waals surface area contributed by atoms with Gasteiger partial charge in [0, 0.05) is 0 Å². The zero-order valence-electron chi connectivity index (χ0n) is 15.5. The molecule has 0 aliphatic carbocycles. The SMILES string of the molecule is CCSc1nnc(NC(=O)c2ccc(NS(=O)(=O)c3ccc(C)cc3)cc2Cl)s1. The van der Waals surface area contributed by atoms with Gasteiger partial charge in [0.2, 0.25) is 5.13 Å². The molecule has 0 aliphatic heterocycles. The van der Waals surface area contributed by atoms with Gasteiger partial charge in [-0.15, -0.1) is 10.2 Å². The molecule has 1 aromatic heterocycles. The standard InChI is InChI=1S/C18H17ClN4O3S3/c1-3-27-18-22-21-17(28-18)20-16(24)14-9-6-12(10-15(14)19)23-29(25,26)13-7-4-11(2)5-8-13/h4-10,23H,3H2,1-2H3,(H,20,21,24). The summed E-state index contributed by atoms with van der Waals surface area (Å²) in [6.45, 7) is 3.87. The molecule has 3 aromatic rings. The average molecular weight is 469 g/mol. The Morgan fingerprint density at radius 3 is 2.55 bits per heavy atom. The molecular formula is C18H17ClN4O3S3. The second-order valence-corrected chi connectivity index (χ2v) is 10.5. The van der Waals surface area contributed by atoms with E-state index in [2.05, 4.69) is 20.2 Å². The molecule has 0 saturated carbocycles. The van der Waals surface area contributed by atoms with Crippen molar-refractivity contribution in [3.63, 3.8) is 0 Å². The molecule has 0 saturated heterocycles. The van der Waals surface area contributed by atoms with E-state index in [4.69, 9.17) is 11.6 Å². The van der Waals surface area contributed by atoms with Crippen molar-refractivity contribution >= 4 is 61.4 Å². The lowest BCUT2D eigenvalue weighted by Gasteiger charge is -2.10. The Kier molecular flexibility index (Phi) is 6.78. The van der Waals surface area contributed by atoms with Crippen LogP contribution in [-0.2, 0) is 10.0 Å². The first-order valence-electron chi connectivity index (χ1n) is 8.45. The second-order valence-electron chi connectivity index (χ2n) is 5.87. The maximum Gasteiger partial charge on any atom is 0.261 e. The summed E-state index contributed by atoms with van der Waals surface area (Å²) in [6.07, 6.45) is 0. The highest BCUT2D eigenvalue weighted by Crippen LogP contribution is 2.27. The molecule has 0 aliphatic rings. The largest absolute Gasteiger partial charge is 0.296 e. The zero-order valence-corrected chi connectivity index (χ0v) is 18.7. The van der Waals surface area contributed by atoms with Crippen molar-refractivity contribution in [2.75, 3.05) is 15.8 Å². The Labute approximate surface area is 182 Å². The van der Waals surface area contributed by atoms with E-state index < -0.39 is 15.9 Å². The third-order valence-electron chi connectivity index (χ3n) is 3.69. The molecule has 1 amide bonds. The number of halogens is 1. The molecule has 1 heterocycles. The van der Waals surface area contributed by atoms with Crippen LogP contribution in [0.5, 0.6) is 0 Å². The summed E-state index contributed by atoms with van der Waals surface area (Å²) in [5.41, 5.74) is 1.41. The summed E-state index contributed by atoms with van der Waals surface area (Å²) in [5.74, 6) is 0.404. The number of nitrogens with zero attached hydrogens (tertiary/aromatic N) is 2. The average Bonchev–Trinajstić information content (AvgIpc) is 3.09. The van der Waals surface area contributed by atoms with Crippen LogP contribution in [0.3, 0.4) is 0 Å². The normalized spacial score (nSPS) is 11.3. The molecule has 3 rings (SSSR count). The van der Waals surface area contributed by atoms with E-state index in [0.29, 0.717) is 5.13 Å². The van der Waals surface area contributed by atoms with Gasteiger partial charge >= 0.3 is 0 Å². The van der Waals surface area contributed by atoms with E-state index in [1.54, 1.807) is 12.1 Å². The highest BCUT2D eigenvalue weighted by atomic mass is 35.5.